The lowest BCUT2D eigenvalue weighted by molar-refractivity contribution is -0.125. The molecule has 0 fully saturated rings. The first-order chi connectivity index (χ1) is 5.11. The van der Waals surface area contributed by atoms with Crippen LogP contribution in [0.2, 0.25) is 0 Å². The van der Waals surface area contributed by atoms with E-state index < -0.39 is 6.04 Å². The first-order valence-electron chi connectivity index (χ1n) is 3.73. The zero-order valence-corrected chi connectivity index (χ0v) is 7.22. The van der Waals surface area contributed by atoms with E-state index in [1.165, 1.54) is 0 Å². The van der Waals surface area contributed by atoms with Crippen molar-refractivity contribution in [2.45, 2.75) is 26.3 Å². The van der Waals surface area contributed by atoms with Gasteiger partial charge in [0.15, 0.2) is 0 Å². The predicted octanol–water partition coefficient (Wildman–Crippen LogP) is 0.126. The summed E-state index contributed by atoms with van der Waals surface area (Å²) in [6.45, 7) is 3.99. The number of rotatable bonds is 4. The molecule has 0 bridgehead atoms. The van der Waals surface area contributed by atoms with E-state index in [-0.39, 0.29) is 5.91 Å². The Hall–Kier alpha value is -0.610. The molecule has 0 spiro atoms. The highest BCUT2D eigenvalue weighted by Crippen LogP contribution is 2.03. The van der Waals surface area contributed by atoms with Gasteiger partial charge in [-0.25, -0.2) is 0 Å². The molecular formula is C7H16N2O2. The number of likely N-dealkylation sites (N-methyl/N-ethyl adjacent to an activating group) is 1. The van der Waals surface area contributed by atoms with Gasteiger partial charge in [-0.15, -0.1) is 0 Å². The van der Waals surface area contributed by atoms with Crippen LogP contribution in [0, 0.1) is 5.92 Å². The molecule has 0 aromatic carbocycles. The number of nitrogens with one attached hydrogen (secondary N) is 2. The normalized spacial score (nSPS) is 13.2. The van der Waals surface area contributed by atoms with Gasteiger partial charge in [0.25, 0.3) is 0 Å². The Labute approximate surface area is 66.9 Å². The Kier molecular flexibility index (Phi) is 4.81. The van der Waals surface area contributed by atoms with Crippen LogP contribution in [0.4, 0.5) is 0 Å². The van der Waals surface area contributed by atoms with Gasteiger partial charge in [0, 0.05) is 7.05 Å². The van der Waals surface area contributed by atoms with Crippen molar-refractivity contribution in [3.05, 3.63) is 0 Å². The van der Waals surface area contributed by atoms with Crippen LogP contribution < -0.4 is 10.8 Å². The highest BCUT2D eigenvalue weighted by molar-refractivity contribution is 5.81. The number of carbonyl (C=O) groups excluding carboxylic acids is 1. The molecule has 0 saturated heterocycles. The number of hydrogen-bond acceptors (Lipinski definition) is 3. The fourth-order valence-corrected chi connectivity index (χ4v) is 0.864. The fourth-order valence-electron chi connectivity index (χ4n) is 0.864. The van der Waals surface area contributed by atoms with Crippen LogP contribution in [0.25, 0.3) is 0 Å². The molecule has 4 heteroatoms. The Bertz CT molecular complexity index is 126. The van der Waals surface area contributed by atoms with E-state index in [0.717, 1.165) is 0 Å². The number of hydrogen-bond donors (Lipinski definition) is 3. The van der Waals surface area contributed by atoms with Gasteiger partial charge in [-0.3, -0.25) is 4.79 Å². The maximum Gasteiger partial charge on any atom is 0.239 e. The molecule has 0 aliphatic heterocycles. The molecule has 0 aliphatic rings. The SMILES string of the molecule is CNC(=O)C(CC(C)C)NO. The average molecular weight is 160 g/mol. The first kappa shape index (κ1) is 10.4. The van der Waals surface area contributed by atoms with Crippen molar-refractivity contribution in [1.29, 1.82) is 0 Å². The van der Waals surface area contributed by atoms with Gasteiger partial charge < -0.3 is 10.5 Å². The molecule has 1 unspecified atom stereocenters. The van der Waals surface area contributed by atoms with Crippen LogP contribution in [0.5, 0.6) is 0 Å². The van der Waals surface area contributed by atoms with Crippen LogP contribution >= 0.6 is 0 Å². The summed E-state index contributed by atoms with van der Waals surface area (Å²) in [4.78, 5) is 10.9. The molecule has 0 aromatic heterocycles. The second-order valence-electron chi connectivity index (χ2n) is 2.93. The Morgan fingerprint density at radius 2 is 2.09 bits per heavy atom. The Morgan fingerprint density at radius 3 is 2.36 bits per heavy atom. The van der Waals surface area contributed by atoms with Crippen molar-refractivity contribution in [2.75, 3.05) is 7.05 Å². The third kappa shape index (κ3) is 3.95. The summed E-state index contributed by atoms with van der Waals surface area (Å²) in [5.41, 5.74) is 1.97. The molecule has 4 nitrogen and oxygen atoms in total. The van der Waals surface area contributed by atoms with Gasteiger partial charge in [-0.2, -0.15) is 5.48 Å². The van der Waals surface area contributed by atoms with E-state index in [4.69, 9.17) is 5.21 Å². The smallest absolute Gasteiger partial charge is 0.239 e. The average Bonchev–Trinajstić information content (AvgIpc) is 1.98. The van der Waals surface area contributed by atoms with Crippen LogP contribution in [0.3, 0.4) is 0 Å². The van der Waals surface area contributed by atoms with Crippen molar-refractivity contribution in [3.63, 3.8) is 0 Å². The largest absolute Gasteiger partial charge is 0.358 e. The van der Waals surface area contributed by atoms with Gasteiger partial charge >= 0.3 is 0 Å². The molecule has 1 atom stereocenters. The first-order valence-corrected chi connectivity index (χ1v) is 3.73. The zero-order valence-electron chi connectivity index (χ0n) is 7.22. The minimum Gasteiger partial charge on any atom is -0.358 e. The number of carbonyl (C=O) groups is 1. The Balaban J connectivity index is 3.84. The highest BCUT2D eigenvalue weighted by atomic mass is 16.5. The second-order valence-corrected chi connectivity index (χ2v) is 2.93. The van der Waals surface area contributed by atoms with Crippen molar-refractivity contribution in [1.82, 2.24) is 10.8 Å². The maximum atomic E-state index is 10.9. The lowest BCUT2D eigenvalue weighted by atomic mass is 10.0. The lowest BCUT2D eigenvalue weighted by Gasteiger charge is -2.14. The number of hydroxylamine groups is 1. The Morgan fingerprint density at radius 1 is 1.55 bits per heavy atom. The summed E-state index contributed by atoms with van der Waals surface area (Å²) in [6, 6.07) is -0.486. The van der Waals surface area contributed by atoms with E-state index in [9.17, 15) is 4.79 Å². The summed E-state index contributed by atoms with van der Waals surface area (Å²) in [5, 5.41) is 11.0. The summed E-state index contributed by atoms with van der Waals surface area (Å²) < 4.78 is 0. The molecule has 0 radical (unpaired) electrons. The van der Waals surface area contributed by atoms with Gasteiger partial charge in [0.05, 0.1) is 0 Å². The molecule has 0 rings (SSSR count). The molecule has 0 aromatic rings. The van der Waals surface area contributed by atoms with E-state index in [1.54, 1.807) is 7.05 Å². The molecule has 1 amide bonds. The summed E-state index contributed by atoms with van der Waals surface area (Å²) in [7, 11) is 1.55. The highest BCUT2D eigenvalue weighted by Gasteiger charge is 2.16. The molecular weight excluding hydrogens is 144 g/mol. The van der Waals surface area contributed by atoms with Gasteiger partial charge in [-0.05, 0) is 12.3 Å². The third-order valence-electron chi connectivity index (χ3n) is 1.43. The zero-order chi connectivity index (χ0) is 8.85. The molecule has 0 heterocycles. The van der Waals surface area contributed by atoms with Gasteiger partial charge in [-0.1, -0.05) is 13.8 Å². The standard InChI is InChI=1S/C7H16N2O2/c1-5(2)4-6(9-11)7(10)8-3/h5-6,9,11H,4H2,1-3H3,(H,8,10). The monoisotopic (exact) mass is 160 g/mol. The third-order valence-corrected chi connectivity index (χ3v) is 1.43. The molecule has 0 saturated carbocycles. The van der Waals surface area contributed by atoms with E-state index in [0.29, 0.717) is 12.3 Å². The predicted molar refractivity (Wildman–Crippen MR) is 42.2 cm³/mol. The van der Waals surface area contributed by atoms with Crippen LogP contribution in [-0.4, -0.2) is 24.2 Å². The minimum absolute atomic E-state index is 0.179. The molecule has 66 valence electrons. The quantitative estimate of drug-likeness (QED) is 0.512. The summed E-state index contributed by atoms with van der Waals surface area (Å²) >= 11 is 0. The van der Waals surface area contributed by atoms with Gasteiger partial charge in [0.1, 0.15) is 6.04 Å². The van der Waals surface area contributed by atoms with E-state index in [1.807, 2.05) is 19.3 Å². The van der Waals surface area contributed by atoms with Crippen molar-refractivity contribution in [2.24, 2.45) is 5.92 Å². The van der Waals surface area contributed by atoms with E-state index >= 15 is 0 Å². The van der Waals surface area contributed by atoms with Crippen LogP contribution in [-0.2, 0) is 4.79 Å². The van der Waals surface area contributed by atoms with Crippen LogP contribution in [0.15, 0.2) is 0 Å². The van der Waals surface area contributed by atoms with Crippen molar-refractivity contribution in [3.8, 4) is 0 Å². The lowest BCUT2D eigenvalue weighted by Crippen LogP contribution is -2.42. The molecule has 11 heavy (non-hydrogen) atoms. The number of amides is 1. The maximum absolute atomic E-state index is 10.9. The minimum atomic E-state index is -0.486. The topological polar surface area (TPSA) is 61.4 Å². The molecule has 0 aliphatic carbocycles. The van der Waals surface area contributed by atoms with Crippen molar-refractivity contribution < 1.29 is 10.0 Å². The fraction of sp³-hybridized carbons (Fsp3) is 0.857. The van der Waals surface area contributed by atoms with Crippen LogP contribution in [0.1, 0.15) is 20.3 Å². The van der Waals surface area contributed by atoms with Gasteiger partial charge in [0.2, 0.25) is 5.91 Å². The van der Waals surface area contributed by atoms with E-state index in [2.05, 4.69) is 5.32 Å². The second kappa shape index (κ2) is 5.09. The molecule has 3 N–H and O–H groups in total. The summed E-state index contributed by atoms with van der Waals surface area (Å²) in [6.07, 6.45) is 0.635. The summed E-state index contributed by atoms with van der Waals surface area (Å²) in [5.74, 6) is 0.207. The van der Waals surface area contributed by atoms with Crippen molar-refractivity contribution >= 4 is 5.91 Å².